The van der Waals surface area contributed by atoms with Gasteiger partial charge >= 0.3 is 6.03 Å². The number of piperazine rings is 1. The van der Waals surface area contributed by atoms with Gasteiger partial charge in [0.1, 0.15) is 35.7 Å². The summed E-state index contributed by atoms with van der Waals surface area (Å²) in [7, 11) is 1.83. The summed E-state index contributed by atoms with van der Waals surface area (Å²) in [6.45, 7) is 8.26. The van der Waals surface area contributed by atoms with Gasteiger partial charge in [0, 0.05) is 51.3 Å². The van der Waals surface area contributed by atoms with E-state index < -0.39 is 72.0 Å². The number of anilines is 1. The molecule has 16 nitrogen and oxygen atoms in total. The zero-order valence-electron chi connectivity index (χ0n) is 34.7. The Kier molecular flexibility index (Phi) is 13.4. The van der Waals surface area contributed by atoms with Crippen molar-refractivity contribution in [3.63, 3.8) is 0 Å². The molecular weight excluding hydrogens is 757 g/mol. The van der Waals surface area contributed by atoms with Crippen LogP contribution in [0.25, 0.3) is 0 Å². The number of nitrogens with zero attached hydrogens (tertiary/aromatic N) is 4. The van der Waals surface area contributed by atoms with Gasteiger partial charge in [-0.15, -0.1) is 0 Å². The average Bonchev–Trinajstić information content (AvgIpc) is 3.48. The fourth-order valence-corrected chi connectivity index (χ4v) is 8.77. The molecule has 0 aromatic heterocycles. The highest BCUT2D eigenvalue weighted by molar-refractivity contribution is 6.09. The number of benzene rings is 2. The predicted molar refractivity (Wildman–Crippen MR) is 219 cm³/mol. The number of nitrogens with one attached hydrogen (secondary N) is 4. The number of amides is 7. The van der Waals surface area contributed by atoms with Crippen molar-refractivity contribution >= 4 is 47.0 Å². The molecule has 3 heterocycles. The maximum absolute atomic E-state index is 14.3. The molecule has 0 unspecified atom stereocenters. The number of Topliss-reactive ketones (excluding diaryl/α,β-unsaturated/α-hetero) is 1. The predicted octanol–water partition coefficient (Wildman–Crippen LogP) is 0.986. The SMILES string of the molecule is CCc1ccc(NC(=O)N[C@@H](Cc2cccc(C)c2)C(=O)N[C@@H](CO)C(=O)N2CCC[C@H]2C(=O)N2CCN(C)C[C@H]2C(=O)N[C@@H](C)C(=O)N2C[C@H](C)C[C@@]23CC3=O)cc1. The molecule has 1 spiro atoms. The van der Waals surface area contributed by atoms with E-state index in [0.29, 0.717) is 44.5 Å². The van der Waals surface area contributed by atoms with E-state index in [9.17, 15) is 38.7 Å². The van der Waals surface area contributed by atoms with Crippen LogP contribution in [0.2, 0.25) is 0 Å². The Morgan fingerprint density at radius 1 is 0.881 bits per heavy atom. The van der Waals surface area contributed by atoms with Gasteiger partial charge in [-0.2, -0.15) is 0 Å². The number of carbonyl (C=O) groups is 7. The van der Waals surface area contributed by atoms with Crippen molar-refractivity contribution in [2.45, 2.75) is 102 Å². The van der Waals surface area contributed by atoms with Gasteiger partial charge in [-0.25, -0.2) is 4.79 Å². The standard InChI is InChI=1S/C43H58N8O8/c1-6-29-12-14-31(15-13-29)45-42(59)47-32(20-30-10-7-9-26(2)19-30)37(54)46-33(25-52)40(57)49-16-8-11-34(49)41(58)50-18-17-48(5)24-35(50)38(55)44-28(4)39(56)51-23-27(3)21-43(51)22-36(43)53/h7,9-10,12-15,19,27-28,32-35,52H,6,8,11,16-18,20-25H2,1-5H3,(H,44,55)(H,46,54)(H2,45,47,59)/t27-,28+,32+,33+,34+,35+,43+/m1/s1. The molecule has 59 heavy (non-hydrogen) atoms. The topological polar surface area (TPSA) is 201 Å². The minimum absolute atomic E-state index is 0.0356. The second-order valence-corrected chi connectivity index (χ2v) is 16.8. The molecule has 7 amide bonds. The van der Waals surface area contributed by atoms with Crippen LogP contribution < -0.4 is 21.3 Å². The van der Waals surface area contributed by atoms with Gasteiger partial charge in [0.25, 0.3) is 0 Å². The normalized spacial score (nSPS) is 24.3. The first-order valence-electron chi connectivity index (χ1n) is 20.7. The molecule has 5 N–H and O–H groups in total. The number of likely N-dealkylation sites (N-methyl/N-ethyl adjacent to an activating group) is 1. The highest BCUT2D eigenvalue weighted by Crippen LogP contribution is 2.48. The summed E-state index contributed by atoms with van der Waals surface area (Å²) in [5.41, 5.74) is 2.60. The maximum atomic E-state index is 14.3. The Balaban J connectivity index is 1.12. The lowest BCUT2D eigenvalue weighted by Gasteiger charge is -2.41. The molecule has 16 heteroatoms. The van der Waals surface area contributed by atoms with E-state index in [1.165, 1.54) is 9.80 Å². The van der Waals surface area contributed by atoms with Crippen LogP contribution >= 0.6 is 0 Å². The fraction of sp³-hybridized carbons (Fsp3) is 0.558. The van der Waals surface area contributed by atoms with E-state index in [4.69, 9.17) is 0 Å². The molecule has 2 aromatic carbocycles. The third-order valence-corrected chi connectivity index (χ3v) is 12.1. The molecule has 4 fully saturated rings. The van der Waals surface area contributed by atoms with Gasteiger partial charge in [0.15, 0.2) is 5.78 Å². The number of likely N-dealkylation sites (tertiary alicyclic amines) is 2. The van der Waals surface area contributed by atoms with E-state index >= 15 is 0 Å². The van der Waals surface area contributed by atoms with Gasteiger partial charge in [0.05, 0.1) is 6.61 Å². The van der Waals surface area contributed by atoms with Crippen molar-refractivity contribution in [2.75, 3.05) is 51.7 Å². The smallest absolute Gasteiger partial charge is 0.319 e. The number of aliphatic hydroxyl groups excluding tert-OH is 1. The summed E-state index contributed by atoms with van der Waals surface area (Å²) in [5, 5.41) is 21.4. The summed E-state index contributed by atoms with van der Waals surface area (Å²) < 4.78 is 0. The van der Waals surface area contributed by atoms with Gasteiger partial charge in [-0.05, 0) is 75.8 Å². The number of aryl methyl sites for hydroxylation is 2. The van der Waals surface area contributed by atoms with E-state index in [1.54, 1.807) is 24.0 Å². The van der Waals surface area contributed by atoms with Crippen molar-refractivity contribution in [1.82, 2.24) is 35.6 Å². The van der Waals surface area contributed by atoms with Crippen LogP contribution in [0.3, 0.4) is 0 Å². The van der Waals surface area contributed by atoms with Crippen molar-refractivity contribution in [2.24, 2.45) is 5.92 Å². The molecular formula is C43H58N8O8. The zero-order chi connectivity index (χ0) is 42.6. The highest BCUT2D eigenvalue weighted by Gasteiger charge is 2.63. The number of hydrogen-bond acceptors (Lipinski definition) is 9. The second kappa shape index (κ2) is 18.3. The number of hydrogen-bond donors (Lipinski definition) is 5. The number of rotatable bonds is 13. The van der Waals surface area contributed by atoms with Gasteiger partial charge in [-0.3, -0.25) is 28.8 Å². The molecule has 0 bridgehead atoms. The number of aliphatic hydroxyl groups is 1. The van der Waals surface area contributed by atoms with Gasteiger partial charge in [-0.1, -0.05) is 55.8 Å². The van der Waals surface area contributed by atoms with Crippen LogP contribution in [0.1, 0.15) is 63.1 Å². The van der Waals surface area contributed by atoms with Crippen LogP contribution in [-0.4, -0.2) is 148 Å². The van der Waals surface area contributed by atoms with E-state index in [-0.39, 0.29) is 43.7 Å². The number of ketones is 1. The van der Waals surface area contributed by atoms with Crippen LogP contribution in [0, 0.1) is 12.8 Å². The quantitative estimate of drug-likeness (QED) is 0.196. The lowest BCUT2D eigenvalue weighted by atomic mass is 10.0. The zero-order valence-corrected chi connectivity index (χ0v) is 34.7. The van der Waals surface area contributed by atoms with E-state index in [0.717, 1.165) is 23.1 Å². The molecule has 1 aliphatic carbocycles. The molecule has 2 aromatic rings. The molecule has 318 valence electrons. The third kappa shape index (κ3) is 9.76. The lowest BCUT2D eigenvalue weighted by molar-refractivity contribution is -0.152. The van der Waals surface area contributed by atoms with Crippen molar-refractivity contribution < 1.29 is 38.7 Å². The Labute approximate surface area is 345 Å². The molecule has 3 aliphatic heterocycles. The highest BCUT2D eigenvalue weighted by atomic mass is 16.3. The average molecular weight is 815 g/mol. The Bertz CT molecular complexity index is 1940. The van der Waals surface area contributed by atoms with Gasteiger partial charge < -0.3 is 46.0 Å². The number of carbonyl (C=O) groups excluding carboxylic acids is 7. The first-order valence-corrected chi connectivity index (χ1v) is 20.7. The van der Waals surface area contributed by atoms with Crippen molar-refractivity contribution in [3.05, 3.63) is 65.2 Å². The van der Waals surface area contributed by atoms with E-state index in [1.807, 2.05) is 69.1 Å². The summed E-state index contributed by atoms with van der Waals surface area (Å²) >= 11 is 0. The molecule has 7 atom stereocenters. The van der Waals surface area contributed by atoms with Crippen LogP contribution in [0.15, 0.2) is 48.5 Å². The van der Waals surface area contributed by atoms with Crippen LogP contribution in [0.4, 0.5) is 10.5 Å². The minimum atomic E-state index is -1.42. The van der Waals surface area contributed by atoms with Crippen LogP contribution in [-0.2, 0) is 41.6 Å². The third-order valence-electron chi connectivity index (χ3n) is 12.1. The minimum Gasteiger partial charge on any atom is -0.394 e. The summed E-state index contributed by atoms with van der Waals surface area (Å²) in [4.78, 5) is 102. The largest absolute Gasteiger partial charge is 0.394 e. The first-order chi connectivity index (χ1) is 28.1. The Morgan fingerprint density at radius 2 is 1.61 bits per heavy atom. The molecule has 4 aliphatic rings. The van der Waals surface area contributed by atoms with Crippen molar-refractivity contribution in [1.29, 1.82) is 0 Å². The summed E-state index contributed by atoms with van der Waals surface area (Å²) in [5.74, 6) is -2.44. The number of urea groups is 1. The second-order valence-electron chi connectivity index (χ2n) is 16.8. The molecule has 3 saturated heterocycles. The Morgan fingerprint density at radius 3 is 2.27 bits per heavy atom. The van der Waals surface area contributed by atoms with Crippen molar-refractivity contribution in [3.8, 4) is 0 Å². The lowest BCUT2D eigenvalue weighted by Crippen LogP contribution is -2.65. The Hall–Kier alpha value is -5.35. The summed E-state index contributed by atoms with van der Waals surface area (Å²) in [6.07, 6.45) is 2.67. The summed E-state index contributed by atoms with van der Waals surface area (Å²) in [6, 6.07) is 8.78. The fourth-order valence-electron chi connectivity index (χ4n) is 8.77. The molecule has 0 radical (unpaired) electrons. The van der Waals surface area contributed by atoms with Crippen LogP contribution in [0.5, 0.6) is 0 Å². The maximum Gasteiger partial charge on any atom is 0.319 e. The van der Waals surface area contributed by atoms with E-state index in [2.05, 4.69) is 21.3 Å². The first kappa shape index (κ1) is 43.2. The molecule has 6 rings (SSSR count). The van der Waals surface area contributed by atoms with Gasteiger partial charge in [0.2, 0.25) is 29.5 Å². The molecule has 1 saturated carbocycles. The monoisotopic (exact) mass is 814 g/mol.